The lowest BCUT2D eigenvalue weighted by Crippen LogP contribution is -2.11. The normalized spacial score (nSPS) is 12.0. The predicted molar refractivity (Wildman–Crippen MR) is 86.8 cm³/mol. The number of hydrogen-bond donors (Lipinski definition) is 1. The van der Waals surface area contributed by atoms with Crippen molar-refractivity contribution in [3.8, 4) is 5.75 Å². The van der Waals surface area contributed by atoms with Gasteiger partial charge in [-0.25, -0.2) is 0 Å². The average molecular weight is 285 g/mol. The van der Waals surface area contributed by atoms with Crippen molar-refractivity contribution in [2.45, 2.75) is 26.0 Å². The topological polar surface area (TPSA) is 30.5 Å². The molecule has 0 heterocycles. The molecule has 21 heavy (non-hydrogen) atoms. The number of hydrogen-bond acceptors (Lipinski definition) is 3. The number of rotatable bonds is 7. The van der Waals surface area contributed by atoms with Crippen molar-refractivity contribution in [2.75, 3.05) is 19.5 Å². The van der Waals surface area contributed by atoms with Gasteiger partial charge in [-0.1, -0.05) is 37.3 Å². The Balaban J connectivity index is 2.18. The third kappa shape index (κ3) is 3.99. The van der Waals surface area contributed by atoms with Crippen molar-refractivity contribution in [1.29, 1.82) is 0 Å². The second-order valence-electron chi connectivity index (χ2n) is 4.97. The third-order valence-corrected chi connectivity index (χ3v) is 3.57. The van der Waals surface area contributed by atoms with E-state index < -0.39 is 0 Å². The summed E-state index contributed by atoms with van der Waals surface area (Å²) in [5.74, 6) is 0.883. The zero-order chi connectivity index (χ0) is 15.1. The highest BCUT2D eigenvalue weighted by atomic mass is 16.5. The summed E-state index contributed by atoms with van der Waals surface area (Å²) in [7, 11) is 3.41. The predicted octanol–water partition coefficient (Wildman–Crippen LogP) is 4.40. The summed E-state index contributed by atoms with van der Waals surface area (Å²) < 4.78 is 10.5. The van der Waals surface area contributed by atoms with Crippen LogP contribution in [0.15, 0.2) is 48.5 Å². The van der Waals surface area contributed by atoms with Crippen LogP contribution in [0.5, 0.6) is 5.75 Å². The van der Waals surface area contributed by atoms with E-state index in [2.05, 4.69) is 36.5 Å². The first kappa shape index (κ1) is 15.4. The molecule has 0 aliphatic carbocycles. The van der Waals surface area contributed by atoms with Crippen molar-refractivity contribution in [2.24, 2.45) is 0 Å². The van der Waals surface area contributed by atoms with Crippen LogP contribution in [0.25, 0.3) is 0 Å². The molecule has 0 aromatic heterocycles. The Morgan fingerprint density at radius 2 is 1.71 bits per heavy atom. The first-order valence-electron chi connectivity index (χ1n) is 7.25. The maximum absolute atomic E-state index is 5.26. The van der Waals surface area contributed by atoms with E-state index in [1.165, 1.54) is 11.1 Å². The molecular weight excluding hydrogens is 262 g/mol. The van der Waals surface area contributed by atoms with Crippen molar-refractivity contribution in [3.05, 3.63) is 59.7 Å². The van der Waals surface area contributed by atoms with Gasteiger partial charge < -0.3 is 14.8 Å². The van der Waals surface area contributed by atoms with Gasteiger partial charge >= 0.3 is 0 Å². The van der Waals surface area contributed by atoms with Crippen molar-refractivity contribution in [3.63, 3.8) is 0 Å². The van der Waals surface area contributed by atoms with Crippen molar-refractivity contribution < 1.29 is 9.47 Å². The smallest absolute Gasteiger partial charge is 0.118 e. The van der Waals surface area contributed by atoms with E-state index in [0.717, 1.165) is 17.9 Å². The summed E-state index contributed by atoms with van der Waals surface area (Å²) in [6, 6.07) is 16.8. The quantitative estimate of drug-likeness (QED) is 0.817. The number of benzene rings is 2. The Bertz CT molecular complexity index is 551. The van der Waals surface area contributed by atoms with Gasteiger partial charge in [0.15, 0.2) is 0 Å². The Kier molecular flexibility index (Phi) is 5.64. The summed E-state index contributed by atoms with van der Waals surface area (Å²) in [6.07, 6.45) is 1.01. The first-order valence-corrected chi connectivity index (χ1v) is 7.25. The van der Waals surface area contributed by atoms with E-state index in [1.54, 1.807) is 14.2 Å². The second kappa shape index (κ2) is 7.70. The van der Waals surface area contributed by atoms with Gasteiger partial charge in [0, 0.05) is 18.4 Å². The van der Waals surface area contributed by atoms with Gasteiger partial charge in [-0.3, -0.25) is 0 Å². The minimum atomic E-state index is 0.272. The van der Waals surface area contributed by atoms with E-state index in [9.17, 15) is 0 Å². The zero-order valence-electron chi connectivity index (χ0n) is 12.9. The molecule has 0 spiro atoms. The molecule has 0 saturated carbocycles. The minimum Gasteiger partial charge on any atom is -0.497 e. The SMILES string of the molecule is CCC(Nc1ccccc1COC)c1ccc(OC)cc1. The third-order valence-electron chi connectivity index (χ3n) is 3.57. The first-order chi connectivity index (χ1) is 10.3. The summed E-state index contributed by atoms with van der Waals surface area (Å²) in [5.41, 5.74) is 3.56. The summed E-state index contributed by atoms with van der Waals surface area (Å²) in [6.45, 7) is 2.79. The highest BCUT2D eigenvalue weighted by Crippen LogP contribution is 2.26. The standard InChI is InChI=1S/C18H23NO2/c1-4-17(14-9-11-16(21-3)12-10-14)19-18-8-6-5-7-15(18)13-20-2/h5-12,17,19H,4,13H2,1-3H3. The van der Waals surface area contributed by atoms with Gasteiger partial charge in [0.2, 0.25) is 0 Å². The molecule has 0 aliphatic rings. The minimum absolute atomic E-state index is 0.272. The van der Waals surface area contributed by atoms with Crippen LogP contribution >= 0.6 is 0 Å². The maximum Gasteiger partial charge on any atom is 0.118 e. The fourth-order valence-corrected chi connectivity index (χ4v) is 2.39. The molecule has 0 fully saturated rings. The van der Waals surface area contributed by atoms with Gasteiger partial charge in [0.05, 0.1) is 19.8 Å². The summed E-state index contributed by atoms with van der Waals surface area (Å²) in [5, 5.41) is 3.62. The Morgan fingerprint density at radius 3 is 2.33 bits per heavy atom. The molecule has 2 aromatic carbocycles. The van der Waals surface area contributed by atoms with Gasteiger partial charge in [-0.15, -0.1) is 0 Å². The van der Waals surface area contributed by atoms with E-state index in [-0.39, 0.29) is 6.04 Å². The van der Waals surface area contributed by atoms with E-state index in [1.807, 2.05) is 24.3 Å². The fraction of sp³-hybridized carbons (Fsp3) is 0.333. The molecule has 0 amide bonds. The van der Waals surface area contributed by atoms with Crippen LogP contribution in [0, 0.1) is 0 Å². The Labute approximate surface area is 126 Å². The van der Waals surface area contributed by atoms with Crippen LogP contribution in [0.3, 0.4) is 0 Å². The van der Waals surface area contributed by atoms with Crippen LogP contribution in [-0.2, 0) is 11.3 Å². The van der Waals surface area contributed by atoms with Gasteiger partial charge in [0.25, 0.3) is 0 Å². The lowest BCUT2D eigenvalue weighted by Gasteiger charge is -2.21. The molecule has 2 rings (SSSR count). The molecule has 0 radical (unpaired) electrons. The highest BCUT2D eigenvalue weighted by molar-refractivity contribution is 5.52. The second-order valence-corrected chi connectivity index (χ2v) is 4.97. The monoisotopic (exact) mass is 285 g/mol. The van der Waals surface area contributed by atoms with Crippen LogP contribution in [0.2, 0.25) is 0 Å². The molecule has 0 aliphatic heterocycles. The van der Waals surface area contributed by atoms with Crippen LogP contribution in [-0.4, -0.2) is 14.2 Å². The molecule has 3 heteroatoms. The number of nitrogens with one attached hydrogen (secondary N) is 1. The zero-order valence-corrected chi connectivity index (χ0v) is 12.9. The molecule has 112 valence electrons. The number of ether oxygens (including phenoxy) is 2. The van der Waals surface area contributed by atoms with Gasteiger partial charge in [0.1, 0.15) is 5.75 Å². The number of anilines is 1. The van der Waals surface area contributed by atoms with E-state index in [4.69, 9.17) is 9.47 Å². The Morgan fingerprint density at radius 1 is 1.00 bits per heavy atom. The largest absolute Gasteiger partial charge is 0.497 e. The van der Waals surface area contributed by atoms with E-state index >= 15 is 0 Å². The van der Waals surface area contributed by atoms with Crippen molar-refractivity contribution in [1.82, 2.24) is 0 Å². The van der Waals surface area contributed by atoms with Crippen LogP contribution in [0.4, 0.5) is 5.69 Å². The average Bonchev–Trinajstić information content (AvgIpc) is 2.54. The molecule has 1 N–H and O–H groups in total. The lowest BCUT2D eigenvalue weighted by molar-refractivity contribution is 0.185. The van der Waals surface area contributed by atoms with Gasteiger partial charge in [-0.2, -0.15) is 0 Å². The molecular formula is C18H23NO2. The molecule has 3 nitrogen and oxygen atoms in total. The summed E-state index contributed by atoms with van der Waals surface area (Å²) in [4.78, 5) is 0. The summed E-state index contributed by atoms with van der Waals surface area (Å²) >= 11 is 0. The molecule has 1 atom stereocenters. The fourth-order valence-electron chi connectivity index (χ4n) is 2.39. The number of methoxy groups -OCH3 is 2. The molecule has 1 unspecified atom stereocenters. The Hall–Kier alpha value is -2.00. The highest BCUT2D eigenvalue weighted by Gasteiger charge is 2.11. The van der Waals surface area contributed by atoms with Gasteiger partial charge in [-0.05, 0) is 30.2 Å². The maximum atomic E-state index is 5.26. The lowest BCUT2D eigenvalue weighted by atomic mass is 10.0. The van der Waals surface area contributed by atoms with Crippen LogP contribution < -0.4 is 10.1 Å². The molecule has 2 aromatic rings. The molecule has 0 bridgehead atoms. The van der Waals surface area contributed by atoms with Crippen molar-refractivity contribution >= 4 is 5.69 Å². The van der Waals surface area contributed by atoms with Crippen LogP contribution in [0.1, 0.15) is 30.5 Å². The van der Waals surface area contributed by atoms with E-state index in [0.29, 0.717) is 6.61 Å². The molecule has 0 saturated heterocycles. The number of para-hydroxylation sites is 1.